The zero-order valence-electron chi connectivity index (χ0n) is 13.5. The molecule has 0 saturated carbocycles. The molecule has 2 nitrogen and oxygen atoms in total. The maximum atomic E-state index is 6.14. The number of hydrogen-bond acceptors (Lipinski definition) is 2. The van der Waals surface area contributed by atoms with Gasteiger partial charge in [-0.2, -0.15) is 0 Å². The molecule has 0 bridgehead atoms. The number of benzene rings is 1. The van der Waals surface area contributed by atoms with Crippen LogP contribution in [0.3, 0.4) is 0 Å². The summed E-state index contributed by atoms with van der Waals surface area (Å²) >= 11 is 3.57. The summed E-state index contributed by atoms with van der Waals surface area (Å²) in [6, 6.07) is 8.55. The van der Waals surface area contributed by atoms with Gasteiger partial charge in [-0.3, -0.25) is 0 Å². The van der Waals surface area contributed by atoms with Gasteiger partial charge in [0, 0.05) is 23.2 Å². The van der Waals surface area contributed by atoms with Gasteiger partial charge in [0.2, 0.25) is 0 Å². The molecular formula is C17H28BrO2Si. The van der Waals surface area contributed by atoms with Crippen molar-refractivity contribution >= 4 is 25.2 Å². The molecular weight excluding hydrogens is 344 g/mol. The van der Waals surface area contributed by atoms with Crippen LogP contribution in [0, 0.1) is 0 Å². The largest absolute Gasteiger partial charge is 0.393 e. The summed E-state index contributed by atoms with van der Waals surface area (Å²) in [5.74, 6) is 0. The monoisotopic (exact) mass is 371 g/mol. The highest BCUT2D eigenvalue weighted by atomic mass is 79.9. The smallest absolute Gasteiger partial charge is 0.392 e. The van der Waals surface area contributed by atoms with Crippen LogP contribution in [0.5, 0.6) is 0 Å². The van der Waals surface area contributed by atoms with Gasteiger partial charge in [0.05, 0.1) is 0 Å². The van der Waals surface area contributed by atoms with E-state index in [0.717, 1.165) is 49.8 Å². The first-order valence-electron chi connectivity index (χ1n) is 8.10. The van der Waals surface area contributed by atoms with Gasteiger partial charge in [0.15, 0.2) is 0 Å². The molecule has 1 aromatic rings. The molecule has 0 aliphatic heterocycles. The van der Waals surface area contributed by atoms with Gasteiger partial charge in [-0.1, -0.05) is 61.7 Å². The summed E-state index contributed by atoms with van der Waals surface area (Å²) in [4.78, 5) is 0. The molecule has 1 unspecified atom stereocenters. The van der Waals surface area contributed by atoms with Crippen LogP contribution in [0.2, 0.25) is 0 Å². The van der Waals surface area contributed by atoms with Crippen LogP contribution in [-0.4, -0.2) is 22.5 Å². The predicted octanol–water partition coefficient (Wildman–Crippen LogP) is 5.60. The topological polar surface area (TPSA) is 18.5 Å². The standard InChI is InChI=1S/C17H28BrO2Si/c1-4-7-12-19-21(20-13-8-5-2)17(6-3)15-10-9-11-16(18)14-15/h9-11,14,17H,4-8,12-13H2,1-3H3. The van der Waals surface area contributed by atoms with E-state index in [1.54, 1.807) is 0 Å². The Morgan fingerprint density at radius 3 is 2.14 bits per heavy atom. The van der Waals surface area contributed by atoms with Gasteiger partial charge >= 0.3 is 9.28 Å². The lowest BCUT2D eigenvalue weighted by atomic mass is 10.1. The number of rotatable bonds is 11. The lowest BCUT2D eigenvalue weighted by Gasteiger charge is -2.24. The molecule has 0 aliphatic carbocycles. The van der Waals surface area contributed by atoms with Crippen LogP contribution >= 0.6 is 15.9 Å². The fourth-order valence-electron chi connectivity index (χ4n) is 2.14. The van der Waals surface area contributed by atoms with Crippen LogP contribution in [0.25, 0.3) is 0 Å². The Morgan fingerprint density at radius 2 is 1.67 bits per heavy atom. The highest BCUT2D eigenvalue weighted by Gasteiger charge is 2.28. The van der Waals surface area contributed by atoms with Crippen molar-refractivity contribution in [1.29, 1.82) is 0 Å². The van der Waals surface area contributed by atoms with E-state index in [1.165, 1.54) is 5.56 Å². The van der Waals surface area contributed by atoms with Crippen molar-refractivity contribution in [3.05, 3.63) is 34.3 Å². The molecule has 1 atom stereocenters. The van der Waals surface area contributed by atoms with Crippen LogP contribution in [0.4, 0.5) is 0 Å². The molecule has 0 saturated heterocycles. The van der Waals surface area contributed by atoms with Crippen molar-refractivity contribution in [2.75, 3.05) is 13.2 Å². The Bertz CT molecular complexity index is 377. The molecule has 0 aromatic heterocycles. The second-order valence-corrected chi connectivity index (χ2v) is 8.07. The van der Waals surface area contributed by atoms with E-state index in [1.807, 2.05) is 0 Å². The third-order valence-corrected chi connectivity index (χ3v) is 6.21. The molecule has 0 spiro atoms. The molecule has 0 N–H and O–H groups in total. The van der Waals surface area contributed by atoms with E-state index in [4.69, 9.17) is 8.85 Å². The quantitative estimate of drug-likeness (QED) is 0.372. The summed E-state index contributed by atoms with van der Waals surface area (Å²) < 4.78 is 13.4. The second kappa shape index (κ2) is 11.4. The predicted molar refractivity (Wildman–Crippen MR) is 94.6 cm³/mol. The highest BCUT2D eigenvalue weighted by Crippen LogP contribution is 2.26. The van der Waals surface area contributed by atoms with Crippen molar-refractivity contribution in [1.82, 2.24) is 0 Å². The van der Waals surface area contributed by atoms with E-state index >= 15 is 0 Å². The van der Waals surface area contributed by atoms with E-state index in [9.17, 15) is 0 Å². The number of halogens is 1. The molecule has 1 radical (unpaired) electrons. The van der Waals surface area contributed by atoms with Crippen LogP contribution in [0.1, 0.15) is 64.0 Å². The summed E-state index contributed by atoms with van der Waals surface area (Å²) in [6.07, 6.45) is 5.61. The van der Waals surface area contributed by atoms with Crippen molar-refractivity contribution in [3.8, 4) is 0 Å². The average molecular weight is 372 g/mol. The van der Waals surface area contributed by atoms with Gasteiger partial charge in [-0.15, -0.1) is 0 Å². The summed E-state index contributed by atoms with van der Waals surface area (Å²) in [5.41, 5.74) is 1.72. The third-order valence-electron chi connectivity index (χ3n) is 3.43. The minimum atomic E-state index is -1.27. The second-order valence-electron chi connectivity index (χ2n) is 5.24. The Kier molecular flexibility index (Phi) is 10.3. The van der Waals surface area contributed by atoms with E-state index in [-0.39, 0.29) is 0 Å². The first-order valence-corrected chi connectivity index (χ1v) is 10.3. The Morgan fingerprint density at radius 1 is 1.05 bits per heavy atom. The summed E-state index contributed by atoms with van der Waals surface area (Å²) in [5, 5.41) is 0. The maximum absolute atomic E-state index is 6.14. The lowest BCUT2D eigenvalue weighted by Crippen LogP contribution is -2.32. The van der Waals surface area contributed by atoms with Gasteiger partial charge < -0.3 is 8.85 Å². The van der Waals surface area contributed by atoms with E-state index in [2.05, 4.69) is 61.0 Å². The number of unbranched alkanes of at least 4 members (excludes halogenated alkanes) is 2. The van der Waals surface area contributed by atoms with Crippen LogP contribution < -0.4 is 0 Å². The van der Waals surface area contributed by atoms with Crippen molar-refractivity contribution in [3.63, 3.8) is 0 Å². The zero-order chi connectivity index (χ0) is 15.5. The molecule has 21 heavy (non-hydrogen) atoms. The normalized spacial score (nSPS) is 12.8. The molecule has 0 amide bonds. The Hall–Kier alpha value is -0.163. The minimum Gasteiger partial charge on any atom is -0.393 e. The fourth-order valence-corrected chi connectivity index (χ4v) is 4.52. The molecule has 0 heterocycles. The summed E-state index contributed by atoms with van der Waals surface area (Å²) in [7, 11) is -1.27. The first-order chi connectivity index (χ1) is 10.2. The molecule has 0 fully saturated rings. The first kappa shape index (κ1) is 18.9. The van der Waals surface area contributed by atoms with Gasteiger partial charge in [-0.25, -0.2) is 0 Å². The SMILES string of the molecule is CCCCO[Si](OCCCC)C(CC)c1cccc(Br)c1. The van der Waals surface area contributed by atoms with E-state index in [0.29, 0.717) is 5.54 Å². The van der Waals surface area contributed by atoms with Crippen molar-refractivity contribution in [2.24, 2.45) is 0 Å². The van der Waals surface area contributed by atoms with Gasteiger partial charge in [0.25, 0.3) is 0 Å². The summed E-state index contributed by atoms with van der Waals surface area (Å²) in [6.45, 7) is 8.25. The maximum Gasteiger partial charge on any atom is 0.392 e. The van der Waals surface area contributed by atoms with Gasteiger partial charge in [-0.05, 0) is 37.0 Å². The lowest BCUT2D eigenvalue weighted by molar-refractivity contribution is 0.183. The molecule has 1 rings (SSSR count). The van der Waals surface area contributed by atoms with Crippen molar-refractivity contribution < 1.29 is 8.85 Å². The third kappa shape index (κ3) is 7.09. The minimum absolute atomic E-state index is 0.390. The highest BCUT2D eigenvalue weighted by molar-refractivity contribution is 9.10. The average Bonchev–Trinajstić information content (AvgIpc) is 2.48. The Balaban J connectivity index is 2.75. The molecule has 0 aliphatic rings. The van der Waals surface area contributed by atoms with Crippen LogP contribution in [0.15, 0.2) is 28.7 Å². The molecule has 4 heteroatoms. The molecule has 119 valence electrons. The number of hydrogen-bond donors (Lipinski definition) is 0. The van der Waals surface area contributed by atoms with Crippen LogP contribution in [-0.2, 0) is 8.85 Å². The Labute approximate surface area is 140 Å². The van der Waals surface area contributed by atoms with E-state index < -0.39 is 9.28 Å². The van der Waals surface area contributed by atoms with Crippen molar-refractivity contribution in [2.45, 2.75) is 58.4 Å². The fraction of sp³-hybridized carbons (Fsp3) is 0.647. The zero-order valence-corrected chi connectivity index (χ0v) is 16.1. The van der Waals surface area contributed by atoms with Gasteiger partial charge in [0.1, 0.15) is 0 Å². The molecule has 1 aromatic carbocycles.